The van der Waals surface area contributed by atoms with E-state index in [1.807, 2.05) is 21.6 Å². The van der Waals surface area contributed by atoms with E-state index in [2.05, 4.69) is 76.2 Å². The van der Waals surface area contributed by atoms with E-state index >= 15 is 0 Å². The fourth-order valence-corrected chi connectivity index (χ4v) is 4.33. The van der Waals surface area contributed by atoms with Crippen LogP contribution in [0.3, 0.4) is 0 Å². The van der Waals surface area contributed by atoms with Gasteiger partial charge in [-0.05, 0) is 60.1 Å². The topological polar surface area (TPSA) is 0 Å². The predicted octanol–water partition coefficient (Wildman–Crippen LogP) is 6.88. The molecule has 0 aliphatic heterocycles. The van der Waals surface area contributed by atoms with Crippen LogP contribution in [0.15, 0.2) is 58.3 Å². The zero-order valence-electron chi connectivity index (χ0n) is 14.0. The van der Waals surface area contributed by atoms with Crippen LogP contribution in [0.4, 0.5) is 0 Å². The largest absolute Gasteiger partial charge is 0.0625 e. The second-order valence-corrected chi connectivity index (χ2v) is 8.93. The molecule has 2 heteroatoms. The molecule has 0 fully saturated rings. The van der Waals surface area contributed by atoms with Gasteiger partial charge in [0.2, 0.25) is 0 Å². The van der Waals surface area contributed by atoms with Crippen molar-refractivity contribution in [1.82, 2.24) is 0 Å². The van der Waals surface area contributed by atoms with Gasteiger partial charge in [0, 0.05) is 9.79 Å². The number of hydrogen-bond donors (Lipinski definition) is 0. The fourth-order valence-electron chi connectivity index (χ4n) is 2.40. The zero-order chi connectivity index (χ0) is 15.9. The Morgan fingerprint density at radius 1 is 0.591 bits per heavy atom. The Kier molecular flexibility index (Phi) is 6.91. The van der Waals surface area contributed by atoms with Gasteiger partial charge < -0.3 is 0 Å². The Labute approximate surface area is 143 Å². The molecule has 0 N–H and O–H groups in total. The van der Waals surface area contributed by atoms with E-state index in [1.54, 1.807) is 0 Å². The van der Waals surface area contributed by atoms with Crippen molar-refractivity contribution >= 4 is 21.6 Å². The van der Waals surface area contributed by atoms with Crippen LogP contribution in [0.2, 0.25) is 0 Å². The van der Waals surface area contributed by atoms with Gasteiger partial charge >= 0.3 is 0 Å². The van der Waals surface area contributed by atoms with Gasteiger partial charge in [0.25, 0.3) is 0 Å². The summed E-state index contributed by atoms with van der Waals surface area (Å²) in [7, 11) is 3.68. The average Bonchev–Trinajstić information content (AvgIpc) is 2.47. The summed E-state index contributed by atoms with van der Waals surface area (Å²) in [5.41, 5.74) is 2.87. The molecule has 0 aliphatic rings. The zero-order valence-corrected chi connectivity index (χ0v) is 15.6. The van der Waals surface area contributed by atoms with Gasteiger partial charge in [-0.25, -0.2) is 0 Å². The van der Waals surface area contributed by atoms with E-state index in [1.165, 1.54) is 20.9 Å². The molecule has 0 unspecified atom stereocenters. The van der Waals surface area contributed by atoms with Crippen LogP contribution in [0, 0.1) is 11.8 Å². The van der Waals surface area contributed by atoms with Crippen molar-refractivity contribution in [2.75, 3.05) is 0 Å². The summed E-state index contributed by atoms with van der Waals surface area (Å²) in [6, 6.07) is 18.0. The van der Waals surface area contributed by atoms with Crippen LogP contribution in [-0.2, 0) is 12.8 Å². The Balaban J connectivity index is 1.87. The summed E-state index contributed by atoms with van der Waals surface area (Å²) in [4.78, 5) is 2.65. The average molecular weight is 331 g/mol. The van der Waals surface area contributed by atoms with Crippen LogP contribution in [0.1, 0.15) is 38.8 Å². The van der Waals surface area contributed by atoms with Crippen LogP contribution >= 0.6 is 21.6 Å². The SMILES string of the molecule is CC(C)Cc1ccc(SSc2ccc(CC(C)C)cc2)cc1. The first kappa shape index (κ1) is 17.5. The van der Waals surface area contributed by atoms with Crippen molar-refractivity contribution in [3.8, 4) is 0 Å². The minimum absolute atomic E-state index is 0.720. The minimum Gasteiger partial charge on any atom is -0.0625 e. The molecule has 0 radical (unpaired) electrons. The fraction of sp³-hybridized carbons (Fsp3) is 0.400. The van der Waals surface area contributed by atoms with Crippen LogP contribution in [0.25, 0.3) is 0 Å². The van der Waals surface area contributed by atoms with E-state index in [4.69, 9.17) is 0 Å². The molecule has 0 amide bonds. The molecule has 2 aromatic rings. The first-order valence-electron chi connectivity index (χ1n) is 8.05. The Morgan fingerprint density at radius 2 is 0.909 bits per heavy atom. The normalized spacial score (nSPS) is 11.4. The van der Waals surface area contributed by atoms with Gasteiger partial charge in [-0.15, -0.1) is 0 Å². The van der Waals surface area contributed by atoms with Gasteiger partial charge in [-0.3, -0.25) is 0 Å². The maximum atomic E-state index is 2.27. The lowest BCUT2D eigenvalue weighted by molar-refractivity contribution is 0.647. The molecule has 0 aromatic heterocycles. The van der Waals surface area contributed by atoms with Crippen molar-refractivity contribution in [1.29, 1.82) is 0 Å². The molecule has 0 atom stereocenters. The Hall–Kier alpha value is -0.860. The molecule has 0 saturated carbocycles. The van der Waals surface area contributed by atoms with Crippen molar-refractivity contribution in [2.45, 2.75) is 50.3 Å². The quantitative estimate of drug-likeness (QED) is 0.507. The molecule has 2 rings (SSSR count). The summed E-state index contributed by atoms with van der Waals surface area (Å²) in [6.07, 6.45) is 2.32. The molecule has 118 valence electrons. The van der Waals surface area contributed by atoms with E-state index < -0.39 is 0 Å². The van der Waals surface area contributed by atoms with Crippen molar-refractivity contribution in [3.63, 3.8) is 0 Å². The highest BCUT2D eigenvalue weighted by molar-refractivity contribution is 8.76. The lowest BCUT2D eigenvalue weighted by Crippen LogP contribution is -1.93. The summed E-state index contributed by atoms with van der Waals surface area (Å²) in [6.45, 7) is 9.06. The second kappa shape index (κ2) is 8.69. The van der Waals surface area contributed by atoms with Crippen LogP contribution < -0.4 is 0 Å². The highest BCUT2D eigenvalue weighted by atomic mass is 33.1. The highest BCUT2D eigenvalue weighted by Crippen LogP contribution is 2.37. The van der Waals surface area contributed by atoms with Gasteiger partial charge in [0.1, 0.15) is 0 Å². The van der Waals surface area contributed by atoms with Crippen LogP contribution in [-0.4, -0.2) is 0 Å². The number of hydrogen-bond acceptors (Lipinski definition) is 2. The number of rotatable bonds is 7. The molecular weight excluding hydrogens is 304 g/mol. The molecule has 0 heterocycles. The van der Waals surface area contributed by atoms with E-state index in [-0.39, 0.29) is 0 Å². The lowest BCUT2D eigenvalue weighted by Gasteiger charge is -2.07. The molecule has 0 spiro atoms. The molecule has 2 aromatic carbocycles. The third-order valence-corrected chi connectivity index (χ3v) is 5.79. The molecule has 0 saturated heterocycles. The Morgan fingerprint density at radius 3 is 1.18 bits per heavy atom. The predicted molar refractivity (Wildman–Crippen MR) is 102 cm³/mol. The second-order valence-electron chi connectivity index (χ2n) is 6.65. The smallest absolute Gasteiger partial charge is 0.0186 e. The molecule has 0 bridgehead atoms. The third-order valence-electron chi connectivity index (χ3n) is 3.37. The standard InChI is InChI=1S/C20H26S2/c1-15(2)13-17-5-9-19(10-6-17)21-22-20-11-7-18(8-12-20)14-16(3)4/h5-12,15-16H,13-14H2,1-4H3. The monoisotopic (exact) mass is 330 g/mol. The molecule has 0 aliphatic carbocycles. The summed E-state index contributed by atoms with van der Waals surface area (Å²) < 4.78 is 0. The van der Waals surface area contributed by atoms with Crippen molar-refractivity contribution < 1.29 is 0 Å². The number of benzene rings is 2. The summed E-state index contributed by atoms with van der Waals surface area (Å²) >= 11 is 0. The van der Waals surface area contributed by atoms with Gasteiger partial charge in [-0.1, -0.05) is 73.5 Å². The Bertz CT molecular complexity index is 500. The van der Waals surface area contributed by atoms with Crippen molar-refractivity contribution in [2.24, 2.45) is 11.8 Å². The minimum atomic E-state index is 0.720. The molecular formula is C20H26S2. The first-order valence-corrected chi connectivity index (χ1v) is 10.2. The maximum absolute atomic E-state index is 2.27. The summed E-state index contributed by atoms with van der Waals surface area (Å²) in [5, 5.41) is 0. The van der Waals surface area contributed by atoms with Gasteiger partial charge in [0.15, 0.2) is 0 Å². The molecule has 0 nitrogen and oxygen atoms in total. The summed E-state index contributed by atoms with van der Waals surface area (Å²) in [5.74, 6) is 1.44. The third kappa shape index (κ3) is 6.10. The van der Waals surface area contributed by atoms with Gasteiger partial charge in [0.05, 0.1) is 0 Å². The lowest BCUT2D eigenvalue weighted by atomic mass is 10.0. The van der Waals surface area contributed by atoms with Gasteiger partial charge in [-0.2, -0.15) is 0 Å². The maximum Gasteiger partial charge on any atom is 0.0186 e. The first-order chi connectivity index (χ1) is 10.5. The molecule has 22 heavy (non-hydrogen) atoms. The van der Waals surface area contributed by atoms with E-state index in [0.717, 1.165) is 24.7 Å². The van der Waals surface area contributed by atoms with Crippen molar-refractivity contribution in [3.05, 3.63) is 59.7 Å². The van der Waals surface area contributed by atoms with E-state index in [9.17, 15) is 0 Å². The van der Waals surface area contributed by atoms with E-state index in [0.29, 0.717) is 0 Å². The van der Waals surface area contributed by atoms with Crippen LogP contribution in [0.5, 0.6) is 0 Å². The highest BCUT2D eigenvalue weighted by Gasteiger charge is 2.02.